The first-order chi connectivity index (χ1) is 8.99. The molecule has 19 heavy (non-hydrogen) atoms. The van der Waals surface area contributed by atoms with E-state index in [1.807, 2.05) is 18.4 Å². The minimum absolute atomic E-state index is 0.241. The van der Waals surface area contributed by atoms with Gasteiger partial charge in [-0.2, -0.15) is 0 Å². The van der Waals surface area contributed by atoms with Crippen LogP contribution in [0.3, 0.4) is 0 Å². The number of hydrazine groups is 1. The van der Waals surface area contributed by atoms with Gasteiger partial charge in [0.15, 0.2) is 0 Å². The number of carbonyl (C=O) groups is 1. The third-order valence-corrected chi connectivity index (χ3v) is 4.21. The SMILES string of the molecule is Cc1ccsc1C(=O)NNc1c(Cl)cc(Cl)cc1Cl. The highest BCUT2D eigenvalue weighted by Crippen LogP contribution is 2.33. The lowest BCUT2D eigenvalue weighted by Gasteiger charge is -2.11. The maximum Gasteiger partial charge on any atom is 0.279 e. The van der Waals surface area contributed by atoms with Gasteiger partial charge in [0.25, 0.3) is 5.91 Å². The largest absolute Gasteiger partial charge is 0.295 e. The first-order valence-corrected chi connectivity index (χ1v) is 7.25. The maximum atomic E-state index is 11.9. The van der Waals surface area contributed by atoms with Crippen molar-refractivity contribution in [3.63, 3.8) is 0 Å². The molecule has 0 unspecified atom stereocenters. The molecule has 7 heteroatoms. The van der Waals surface area contributed by atoms with Crippen LogP contribution in [-0.4, -0.2) is 5.91 Å². The molecule has 2 rings (SSSR count). The minimum Gasteiger partial charge on any atom is -0.295 e. The molecule has 0 radical (unpaired) electrons. The normalized spacial score (nSPS) is 10.3. The van der Waals surface area contributed by atoms with Gasteiger partial charge in [0, 0.05) is 5.02 Å². The molecule has 1 heterocycles. The van der Waals surface area contributed by atoms with Gasteiger partial charge < -0.3 is 0 Å². The molecule has 0 fully saturated rings. The first kappa shape index (κ1) is 14.5. The minimum atomic E-state index is -0.241. The summed E-state index contributed by atoms with van der Waals surface area (Å²) < 4.78 is 0. The Morgan fingerprint density at radius 2 is 1.84 bits per heavy atom. The monoisotopic (exact) mass is 334 g/mol. The smallest absolute Gasteiger partial charge is 0.279 e. The summed E-state index contributed by atoms with van der Waals surface area (Å²) in [7, 11) is 0. The lowest BCUT2D eigenvalue weighted by Crippen LogP contribution is -2.29. The van der Waals surface area contributed by atoms with Crippen LogP contribution in [0.5, 0.6) is 0 Å². The van der Waals surface area contributed by atoms with Crippen molar-refractivity contribution in [2.24, 2.45) is 0 Å². The fourth-order valence-corrected chi connectivity index (χ4v) is 3.17. The first-order valence-electron chi connectivity index (χ1n) is 5.24. The number of hydrogen-bond donors (Lipinski definition) is 2. The van der Waals surface area contributed by atoms with Crippen molar-refractivity contribution in [1.82, 2.24) is 5.43 Å². The molecule has 0 bridgehead atoms. The van der Waals surface area contributed by atoms with Crippen LogP contribution in [0, 0.1) is 6.92 Å². The van der Waals surface area contributed by atoms with Crippen LogP contribution in [-0.2, 0) is 0 Å². The van der Waals surface area contributed by atoms with Crippen molar-refractivity contribution in [3.8, 4) is 0 Å². The Morgan fingerprint density at radius 3 is 2.37 bits per heavy atom. The van der Waals surface area contributed by atoms with Crippen LogP contribution in [0.15, 0.2) is 23.6 Å². The molecule has 0 saturated carbocycles. The molecule has 0 atom stereocenters. The molecule has 0 spiro atoms. The summed E-state index contributed by atoms with van der Waals surface area (Å²) in [5.74, 6) is -0.241. The highest BCUT2D eigenvalue weighted by molar-refractivity contribution is 7.12. The highest BCUT2D eigenvalue weighted by Gasteiger charge is 2.12. The van der Waals surface area contributed by atoms with Crippen molar-refractivity contribution in [2.45, 2.75) is 6.92 Å². The zero-order valence-corrected chi connectivity index (χ0v) is 12.8. The molecular weight excluding hydrogens is 327 g/mol. The van der Waals surface area contributed by atoms with Gasteiger partial charge in [-0.3, -0.25) is 15.6 Å². The van der Waals surface area contributed by atoms with Crippen molar-refractivity contribution < 1.29 is 4.79 Å². The number of benzene rings is 1. The second-order valence-electron chi connectivity index (χ2n) is 3.76. The van der Waals surface area contributed by atoms with E-state index in [9.17, 15) is 4.79 Å². The Morgan fingerprint density at radius 1 is 1.21 bits per heavy atom. The fourth-order valence-electron chi connectivity index (χ4n) is 1.44. The number of hydrogen-bond acceptors (Lipinski definition) is 3. The Labute approximate surface area is 129 Å². The fraction of sp³-hybridized carbons (Fsp3) is 0.0833. The molecule has 100 valence electrons. The maximum absolute atomic E-state index is 11.9. The zero-order chi connectivity index (χ0) is 14.0. The summed E-state index contributed by atoms with van der Waals surface area (Å²) in [6.45, 7) is 1.87. The molecule has 3 nitrogen and oxygen atoms in total. The third-order valence-electron chi connectivity index (χ3n) is 2.38. The van der Waals surface area contributed by atoms with Gasteiger partial charge in [0.1, 0.15) is 0 Å². The van der Waals surface area contributed by atoms with E-state index in [0.717, 1.165) is 5.56 Å². The van der Waals surface area contributed by atoms with Crippen molar-refractivity contribution in [3.05, 3.63) is 49.1 Å². The van der Waals surface area contributed by atoms with E-state index in [0.29, 0.717) is 25.6 Å². The molecule has 0 aliphatic rings. The van der Waals surface area contributed by atoms with Crippen molar-refractivity contribution in [1.29, 1.82) is 0 Å². The lowest BCUT2D eigenvalue weighted by atomic mass is 10.3. The summed E-state index contributed by atoms with van der Waals surface area (Å²) in [6, 6.07) is 4.96. The number of halogens is 3. The number of carbonyl (C=O) groups excluding carboxylic acids is 1. The van der Waals surface area contributed by atoms with Gasteiger partial charge >= 0.3 is 0 Å². The number of rotatable bonds is 3. The lowest BCUT2D eigenvalue weighted by molar-refractivity contribution is 0.0966. The second-order valence-corrected chi connectivity index (χ2v) is 5.92. The Hall–Kier alpha value is -0.940. The summed E-state index contributed by atoms with van der Waals surface area (Å²) >= 11 is 19.2. The summed E-state index contributed by atoms with van der Waals surface area (Å²) in [4.78, 5) is 12.5. The van der Waals surface area contributed by atoms with Gasteiger partial charge in [-0.05, 0) is 36.1 Å². The van der Waals surface area contributed by atoms with E-state index in [1.165, 1.54) is 11.3 Å². The summed E-state index contributed by atoms with van der Waals surface area (Å²) in [6.07, 6.45) is 0. The van der Waals surface area contributed by atoms with E-state index in [-0.39, 0.29) is 5.91 Å². The van der Waals surface area contributed by atoms with Gasteiger partial charge in [0.05, 0.1) is 20.6 Å². The predicted octanol–water partition coefficient (Wildman–Crippen LogP) is 4.77. The van der Waals surface area contributed by atoms with E-state index in [2.05, 4.69) is 10.9 Å². The van der Waals surface area contributed by atoms with Crippen LogP contribution in [0.4, 0.5) is 5.69 Å². The standard InChI is InChI=1S/C12H9Cl3N2OS/c1-6-2-3-19-11(6)12(18)17-16-10-8(14)4-7(13)5-9(10)15/h2-5,16H,1H3,(H,17,18). The molecule has 1 aromatic carbocycles. The van der Waals surface area contributed by atoms with E-state index in [4.69, 9.17) is 34.8 Å². The molecule has 1 amide bonds. The third kappa shape index (κ3) is 3.34. The average molecular weight is 336 g/mol. The number of amides is 1. The topological polar surface area (TPSA) is 41.1 Å². The Kier molecular flexibility index (Phi) is 4.58. The number of anilines is 1. The van der Waals surface area contributed by atoms with Crippen LogP contribution in [0.1, 0.15) is 15.2 Å². The van der Waals surface area contributed by atoms with Gasteiger partial charge in [-0.1, -0.05) is 34.8 Å². The van der Waals surface area contributed by atoms with Crippen LogP contribution >= 0.6 is 46.1 Å². The summed E-state index contributed by atoms with van der Waals surface area (Å²) in [5.41, 5.74) is 6.59. The average Bonchev–Trinajstić information content (AvgIpc) is 2.73. The number of aryl methyl sites for hydroxylation is 1. The highest BCUT2D eigenvalue weighted by atomic mass is 35.5. The Bertz CT molecular complexity index is 604. The van der Waals surface area contributed by atoms with Crippen molar-refractivity contribution >= 4 is 57.7 Å². The van der Waals surface area contributed by atoms with Crippen LogP contribution in [0.25, 0.3) is 0 Å². The van der Waals surface area contributed by atoms with E-state index in [1.54, 1.807) is 12.1 Å². The van der Waals surface area contributed by atoms with E-state index < -0.39 is 0 Å². The molecule has 2 aromatic rings. The zero-order valence-electron chi connectivity index (χ0n) is 9.76. The van der Waals surface area contributed by atoms with Crippen LogP contribution in [0.2, 0.25) is 15.1 Å². The molecular formula is C12H9Cl3N2OS. The van der Waals surface area contributed by atoms with Gasteiger partial charge in [-0.15, -0.1) is 11.3 Å². The number of nitrogens with one attached hydrogen (secondary N) is 2. The Balaban J connectivity index is 2.12. The number of thiophene rings is 1. The molecule has 0 aliphatic heterocycles. The molecule has 1 aromatic heterocycles. The second kappa shape index (κ2) is 6.01. The predicted molar refractivity (Wildman–Crippen MR) is 81.6 cm³/mol. The summed E-state index contributed by atoms with van der Waals surface area (Å²) in [5, 5.41) is 2.95. The molecule has 2 N–H and O–H groups in total. The van der Waals surface area contributed by atoms with E-state index >= 15 is 0 Å². The molecule has 0 aliphatic carbocycles. The van der Waals surface area contributed by atoms with Gasteiger partial charge in [0.2, 0.25) is 0 Å². The van der Waals surface area contributed by atoms with Crippen LogP contribution < -0.4 is 10.9 Å². The van der Waals surface area contributed by atoms with Crippen molar-refractivity contribution in [2.75, 3.05) is 5.43 Å². The molecule has 0 saturated heterocycles. The van der Waals surface area contributed by atoms with Gasteiger partial charge in [-0.25, -0.2) is 0 Å². The quantitative estimate of drug-likeness (QED) is 0.793.